The molecule has 1 aromatic carbocycles. The number of ether oxygens (including phenoxy) is 1. The Morgan fingerprint density at radius 2 is 2.14 bits per heavy atom. The summed E-state index contributed by atoms with van der Waals surface area (Å²) in [5, 5.41) is 9.69. The van der Waals surface area contributed by atoms with Gasteiger partial charge in [0.15, 0.2) is 0 Å². The van der Waals surface area contributed by atoms with Gasteiger partial charge in [-0.1, -0.05) is 29.3 Å². The zero-order valence-corrected chi connectivity index (χ0v) is 13.9. The lowest BCUT2D eigenvalue weighted by molar-refractivity contribution is -0.692. The molecular formula is C13H13Cl2N4O2S+. The van der Waals surface area contributed by atoms with E-state index >= 15 is 0 Å². The molecule has 1 atom stereocenters. The summed E-state index contributed by atoms with van der Waals surface area (Å²) in [6.45, 7) is 0.469. The standard InChI is InChI=1S/C13H12Cl2N4O2S/c1-19(7-3-6-16)11(12(18-22-19)21-13(17)20)10-8(14)4-2-5-9(10)15/h2,4-5,18H,3,7H2,1H3,(H-,17,20)/p+1. The number of rotatable bonds is 4. The molecule has 9 heteroatoms. The minimum atomic E-state index is -0.947. The fourth-order valence-corrected chi connectivity index (χ4v) is 3.56. The number of benzene rings is 1. The Bertz CT molecular complexity index is 669. The van der Waals surface area contributed by atoms with Crippen LogP contribution in [0.4, 0.5) is 4.79 Å². The number of quaternary nitrogens is 1. The van der Waals surface area contributed by atoms with Crippen molar-refractivity contribution in [3.63, 3.8) is 0 Å². The maximum atomic E-state index is 11.1. The number of halogens is 2. The predicted molar refractivity (Wildman–Crippen MR) is 86.1 cm³/mol. The van der Waals surface area contributed by atoms with Crippen molar-refractivity contribution in [2.45, 2.75) is 6.42 Å². The number of carbonyl (C=O) groups excluding carboxylic acids is 1. The van der Waals surface area contributed by atoms with E-state index < -0.39 is 6.09 Å². The smallest absolute Gasteiger partial charge is 0.386 e. The number of carbonyl (C=O) groups is 1. The first-order chi connectivity index (χ1) is 10.4. The van der Waals surface area contributed by atoms with Crippen molar-refractivity contribution in [3.05, 3.63) is 39.7 Å². The zero-order valence-electron chi connectivity index (χ0n) is 11.6. The lowest BCUT2D eigenvalue weighted by Crippen LogP contribution is -2.34. The third-order valence-electron chi connectivity index (χ3n) is 3.08. The molecule has 3 N–H and O–H groups in total. The summed E-state index contributed by atoms with van der Waals surface area (Å²) in [5.41, 5.74) is 6.21. The summed E-state index contributed by atoms with van der Waals surface area (Å²) >= 11 is 13.8. The lowest BCUT2D eigenvalue weighted by atomic mass is 10.1. The quantitative estimate of drug-likeness (QED) is 0.636. The van der Waals surface area contributed by atoms with E-state index in [-0.39, 0.29) is 9.77 Å². The fourth-order valence-electron chi connectivity index (χ4n) is 2.12. The van der Waals surface area contributed by atoms with Crippen LogP contribution < -0.4 is 10.5 Å². The number of hydrogen-bond donors (Lipinski definition) is 2. The number of nitriles is 1. The Kier molecular flexibility index (Phi) is 5.08. The number of nitrogens with two attached hydrogens (primary N) is 1. The number of nitrogens with one attached hydrogen (secondary N) is 1. The number of primary amides is 1. The summed E-state index contributed by atoms with van der Waals surface area (Å²) in [7, 11) is 1.86. The summed E-state index contributed by atoms with van der Waals surface area (Å²) in [6.07, 6.45) is -0.641. The second-order valence-corrected chi connectivity index (χ2v) is 6.63. The number of nitrogens with zero attached hydrogens (tertiary/aromatic N) is 2. The fraction of sp³-hybridized carbons (Fsp3) is 0.231. The Hall–Kier alpha value is -1.59. The molecule has 0 saturated heterocycles. The van der Waals surface area contributed by atoms with Gasteiger partial charge in [0.1, 0.15) is 6.54 Å². The molecule has 0 bridgehead atoms. The van der Waals surface area contributed by atoms with E-state index in [2.05, 4.69) is 10.8 Å². The average molecular weight is 360 g/mol. The van der Waals surface area contributed by atoms with Crippen LogP contribution in [0.2, 0.25) is 10.0 Å². The van der Waals surface area contributed by atoms with E-state index in [1.165, 1.54) is 12.1 Å². The van der Waals surface area contributed by atoms with E-state index in [0.717, 1.165) is 0 Å². The van der Waals surface area contributed by atoms with Crippen molar-refractivity contribution in [2.75, 3.05) is 13.6 Å². The van der Waals surface area contributed by atoms with Gasteiger partial charge < -0.3 is 10.5 Å². The van der Waals surface area contributed by atoms with Crippen LogP contribution in [-0.4, -0.2) is 23.6 Å². The van der Waals surface area contributed by atoms with Crippen LogP contribution in [0.3, 0.4) is 0 Å². The Morgan fingerprint density at radius 3 is 2.68 bits per heavy atom. The first-order valence-corrected chi connectivity index (χ1v) is 7.75. The second-order valence-electron chi connectivity index (χ2n) is 4.62. The Labute approximate surface area is 142 Å². The van der Waals surface area contributed by atoms with E-state index in [1.807, 2.05) is 7.05 Å². The molecule has 1 heterocycles. The molecule has 116 valence electrons. The first-order valence-electron chi connectivity index (χ1n) is 6.22. The van der Waals surface area contributed by atoms with Gasteiger partial charge in [0.2, 0.25) is 17.8 Å². The van der Waals surface area contributed by atoms with Crippen LogP contribution in [-0.2, 0) is 4.74 Å². The first kappa shape index (κ1) is 16.8. The van der Waals surface area contributed by atoms with Crippen molar-refractivity contribution >= 4 is 47.1 Å². The second kappa shape index (κ2) is 6.67. The Balaban J connectivity index is 2.60. The molecular weight excluding hydrogens is 347 g/mol. The van der Waals surface area contributed by atoms with Gasteiger partial charge in [0.05, 0.1) is 35.1 Å². The molecule has 0 saturated carbocycles. The van der Waals surface area contributed by atoms with E-state index in [9.17, 15) is 4.79 Å². The minimum absolute atomic E-state index is 0.174. The number of amides is 1. The maximum absolute atomic E-state index is 11.1. The molecule has 0 fully saturated rings. The van der Waals surface area contributed by atoms with Crippen molar-refractivity contribution in [2.24, 2.45) is 5.73 Å². The van der Waals surface area contributed by atoms with Crippen LogP contribution in [0, 0.1) is 11.3 Å². The van der Waals surface area contributed by atoms with Gasteiger partial charge in [-0.05, 0) is 12.1 Å². The maximum Gasteiger partial charge on any atom is 0.411 e. The highest BCUT2D eigenvalue weighted by atomic mass is 35.5. The molecule has 0 aromatic heterocycles. The number of hydrogen-bond acceptors (Lipinski definition) is 5. The highest BCUT2D eigenvalue weighted by Crippen LogP contribution is 2.45. The third kappa shape index (κ3) is 3.25. The summed E-state index contributed by atoms with van der Waals surface area (Å²) in [5.74, 6) is 0.174. The molecule has 0 aliphatic carbocycles. The van der Waals surface area contributed by atoms with Gasteiger partial charge in [-0.15, -0.1) is 0 Å². The molecule has 1 amide bonds. The molecule has 1 aliphatic rings. The van der Waals surface area contributed by atoms with Crippen LogP contribution in [0.25, 0.3) is 5.70 Å². The molecule has 0 spiro atoms. The predicted octanol–water partition coefficient (Wildman–Crippen LogP) is 3.24. The summed E-state index contributed by atoms with van der Waals surface area (Å²) in [4.78, 5) is 11.1. The van der Waals surface area contributed by atoms with Gasteiger partial charge in [-0.3, -0.25) is 0 Å². The van der Waals surface area contributed by atoms with Crippen molar-refractivity contribution in [1.29, 1.82) is 5.26 Å². The van der Waals surface area contributed by atoms with Crippen LogP contribution >= 0.6 is 35.3 Å². The van der Waals surface area contributed by atoms with Gasteiger partial charge >= 0.3 is 6.09 Å². The van der Waals surface area contributed by atoms with Gasteiger partial charge in [0.25, 0.3) is 5.88 Å². The molecule has 1 unspecified atom stereocenters. The van der Waals surface area contributed by atoms with Gasteiger partial charge in [0, 0.05) is 0 Å². The topological polar surface area (TPSA) is 88.1 Å². The van der Waals surface area contributed by atoms with Gasteiger partial charge in [-0.25, -0.2) is 13.4 Å². The highest BCUT2D eigenvalue weighted by Gasteiger charge is 2.44. The van der Waals surface area contributed by atoms with Crippen molar-refractivity contribution in [1.82, 2.24) is 4.72 Å². The van der Waals surface area contributed by atoms with Crippen LogP contribution in [0.15, 0.2) is 24.1 Å². The van der Waals surface area contributed by atoms with E-state index in [1.54, 1.807) is 18.2 Å². The molecule has 2 rings (SSSR count). The largest absolute Gasteiger partial charge is 0.411 e. The molecule has 1 aliphatic heterocycles. The monoisotopic (exact) mass is 359 g/mol. The highest BCUT2D eigenvalue weighted by molar-refractivity contribution is 7.92. The summed E-state index contributed by atoms with van der Waals surface area (Å²) < 4.78 is 8.17. The molecule has 1 aromatic rings. The average Bonchev–Trinajstić information content (AvgIpc) is 2.74. The Morgan fingerprint density at radius 1 is 1.50 bits per heavy atom. The third-order valence-corrected chi connectivity index (χ3v) is 4.76. The zero-order chi connectivity index (χ0) is 16.3. The molecule has 6 nitrogen and oxygen atoms in total. The molecule has 22 heavy (non-hydrogen) atoms. The summed E-state index contributed by atoms with van der Waals surface area (Å²) in [6, 6.07) is 7.20. The van der Waals surface area contributed by atoms with Crippen LogP contribution in [0.1, 0.15) is 12.0 Å². The van der Waals surface area contributed by atoms with Crippen molar-refractivity contribution in [3.8, 4) is 6.07 Å². The van der Waals surface area contributed by atoms with Crippen LogP contribution in [0.5, 0.6) is 0 Å². The van der Waals surface area contributed by atoms with Crippen molar-refractivity contribution < 1.29 is 13.4 Å². The molecule has 0 radical (unpaired) electrons. The lowest BCUT2D eigenvalue weighted by Gasteiger charge is -2.26. The normalized spacial score (nSPS) is 20.5. The van der Waals surface area contributed by atoms with Gasteiger partial charge in [-0.2, -0.15) is 5.26 Å². The minimum Gasteiger partial charge on any atom is -0.386 e. The van der Waals surface area contributed by atoms with E-state index in [0.29, 0.717) is 34.3 Å². The van der Waals surface area contributed by atoms with E-state index in [4.69, 9.17) is 38.9 Å². The SMILES string of the molecule is C[N+]1(CCC#N)SNC(OC(N)=O)=C1c1c(Cl)cccc1Cl.